The molecule has 1 atom stereocenters. The molecular weight excluding hydrogens is 248 g/mol. The van der Waals surface area contributed by atoms with E-state index in [2.05, 4.69) is 5.32 Å². The molecular formula is C13H24N2O4. The van der Waals surface area contributed by atoms with Crippen molar-refractivity contribution in [3.63, 3.8) is 0 Å². The van der Waals surface area contributed by atoms with Gasteiger partial charge in [0, 0.05) is 26.2 Å². The van der Waals surface area contributed by atoms with Gasteiger partial charge in [0.05, 0.1) is 11.5 Å². The molecule has 1 aliphatic heterocycles. The van der Waals surface area contributed by atoms with Crippen LogP contribution >= 0.6 is 0 Å². The van der Waals surface area contributed by atoms with Crippen molar-refractivity contribution in [2.75, 3.05) is 26.2 Å². The summed E-state index contributed by atoms with van der Waals surface area (Å²) in [6.07, 6.45) is 1.38. The lowest BCUT2D eigenvalue weighted by atomic mass is 9.99. The van der Waals surface area contributed by atoms with E-state index >= 15 is 0 Å². The number of carbonyl (C=O) groups is 2. The molecule has 110 valence electrons. The van der Waals surface area contributed by atoms with Crippen LogP contribution < -0.4 is 5.32 Å². The predicted octanol–water partition coefficient (Wildman–Crippen LogP) is 1.31. The summed E-state index contributed by atoms with van der Waals surface area (Å²) in [6, 6.07) is -0.210. The van der Waals surface area contributed by atoms with Crippen molar-refractivity contribution >= 4 is 12.0 Å². The summed E-state index contributed by atoms with van der Waals surface area (Å²) in [7, 11) is 0. The zero-order chi connectivity index (χ0) is 14.5. The lowest BCUT2D eigenvalue weighted by Gasteiger charge is -2.32. The molecule has 1 fully saturated rings. The molecule has 0 bridgehead atoms. The molecule has 2 N–H and O–H groups in total. The number of amides is 2. The first-order chi connectivity index (χ1) is 8.85. The monoisotopic (exact) mass is 272 g/mol. The van der Waals surface area contributed by atoms with Gasteiger partial charge in [-0.15, -0.1) is 0 Å². The van der Waals surface area contributed by atoms with Crippen molar-refractivity contribution in [1.29, 1.82) is 0 Å². The van der Waals surface area contributed by atoms with E-state index in [9.17, 15) is 9.59 Å². The Hall–Kier alpha value is -1.30. The Morgan fingerprint density at radius 3 is 2.74 bits per heavy atom. The summed E-state index contributed by atoms with van der Waals surface area (Å²) < 4.78 is 5.50. The van der Waals surface area contributed by atoms with Gasteiger partial charge in [0.15, 0.2) is 0 Å². The molecule has 1 heterocycles. The molecule has 0 radical (unpaired) electrons. The molecule has 0 spiro atoms. The number of ether oxygens (including phenoxy) is 1. The van der Waals surface area contributed by atoms with Gasteiger partial charge in [-0.05, 0) is 33.6 Å². The maximum Gasteiger partial charge on any atom is 0.317 e. The van der Waals surface area contributed by atoms with E-state index in [1.807, 2.05) is 20.8 Å². The van der Waals surface area contributed by atoms with E-state index in [4.69, 9.17) is 9.84 Å². The van der Waals surface area contributed by atoms with E-state index < -0.39 is 17.5 Å². The largest absolute Gasteiger partial charge is 0.481 e. The quantitative estimate of drug-likeness (QED) is 0.791. The molecule has 0 aromatic heterocycles. The number of carboxylic acids is 1. The number of aliphatic carboxylic acids is 1. The maximum atomic E-state index is 12.0. The molecule has 0 aromatic carbocycles. The Morgan fingerprint density at radius 2 is 2.16 bits per heavy atom. The van der Waals surface area contributed by atoms with Crippen LogP contribution in [0, 0.1) is 5.92 Å². The van der Waals surface area contributed by atoms with Gasteiger partial charge in [0.1, 0.15) is 0 Å². The number of piperidine rings is 1. The van der Waals surface area contributed by atoms with Crippen molar-refractivity contribution in [2.24, 2.45) is 5.92 Å². The van der Waals surface area contributed by atoms with E-state index in [0.717, 1.165) is 6.42 Å². The van der Waals surface area contributed by atoms with Crippen LogP contribution in [0.3, 0.4) is 0 Å². The van der Waals surface area contributed by atoms with E-state index in [1.165, 1.54) is 0 Å². The van der Waals surface area contributed by atoms with Crippen LogP contribution in [0.4, 0.5) is 4.79 Å². The molecule has 6 nitrogen and oxygen atoms in total. The molecule has 6 heteroatoms. The highest BCUT2D eigenvalue weighted by Crippen LogP contribution is 2.16. The van der Waals surface area contributed by atoms with Crippen molar-refractivity contribution in [3.8, 4) is 0 Å². The number of rotatable bonds is 5. The summed E-state index contributed by atoms with van der Waals surface area (Å²) in [5, 5.41) is 11.8. The Balaban J connectivity index is 2.43. The molecule has 0 aromatic rings. The SMILES string of the molecule is CCOC(C)(C)CNC(=O)N1CCC[C@@H](C(=O)O)C1. The van der Waals surface area contributed by atoms with Crippen LogP contribution in [0.2, 0.25) is 0 Å². The van der Waals surface area contributed by atoms with Gasteiger partial charge in [0.2, 0.25) is 0 Å². The lowest BCUT2D eigenvalue weighted by molar-refractivity contribution is -0.143. The molecule has 1 aliphatic rings. The smallest absolute Gasteiger partial charge is 0.317 e. The average molecular weight is 272 g/mol. The zero-order valence-electron chi connectivity index (χ0n) is 11.9. The normalized spacial score (nSPS) is 20.2. The fraction of sp³-hybridized carbons (Fsp3) is 0.846. The third-order valence-corrected chi connectivity index (χ3v) is 3.26. The summed E-state index contributed by atoms with van der Waals surface area (Å²) in [6.45, 7) is 7.63. The second kappa shape index (κ2) is 6.75. The molecule has 1 saturated heterocycles. The van der Waals surface area contributed by atoms with E-state index in [-0.39, 0.29) is 12.6 Å². The van der Waals surface area contributed by atoms with Crippen LogP contribution in [0.5, 0.6) is 0 Å². The van der Waals surface area contributed by atoms with Gasteiger partial charge in [-0.3, -0.25) is 4.79 Å². The molecule has 0 saturated carbocycles. The number of nitrogens with zero attached hydrogens (tertiary/aromatic N) is 1. The van der Waals surface area contributed by atoms with Gasteiger partial charge >= 0.3 is 12.0 Å². The minimum atomic E-state index is -0.827. The maximum absolute atomic E-state index is 12.0. The summed E-state index contributed by atoms with van der Waals surface area (Å²) in [4.78, 5) is 24.5. The number of nitrogens with one attached hydrogen (secondary N) is 1. The second-order valence-corrected chi connectivity index (χ2v) is 5.47. The standard InChI is InChI=1S/C13H24N2O4/c1-4-19-13(2,3)9-14-12(18)15-7-5-6-10(8-15)11(16)17/h10H,4-9H2,1-3H3,(H,14,18)(H,16,17)/t10-/m1/s1. The van der Waals surface area contributed by atoms with Gasteiger partial charge in [-0.1, -0.05) is 0 Å². The Kier molecular flexibility index (Phi) is 5.60. The topological polar surface area (TPSA) is 78.9 Å². The minimum absolute atomic E-state index is 0.210. The second-order valence-electron chi connectivity index (χ2n) is 5.47. The van der Waals surface area contributed by atoms with Crippen molar-refractivity contribution in [3.05, 3.63) is 0 Å². The highest BCUT2D eigenvalue weighted by atomic mass is 16.5. The Bertz CT molecular complexity index is 331. The molecule has 1 rings (SSSR count). The number of hydrogen-bond acceptors (Lipinski definition) is 3. The number of hydrogen-bond donors (Lipinski definition) is 2. The number of urea groups is 1. The van der Waals surface area contributed by atoms with Crippen molar-refractivity contribution in [2.45, 2.75) is 39.2 Å². The average Bonchev–Trinajstić information content (AvgIpc) is 2.36. The molecule has 0 unspecified atom stereocenters. The fourth-order valence-electron chi connectivity index (χ4n) is 2.21. The van der Waals surface area contributed by atoms with E-state index in [0.29, 0.717) is 26.1 Å². The fourth-order valence-corrected chi connectivity index (χ4v) is 2.21. The van der Waals surface area contributed by atoms with Crippen LogP contribution in [-0.2, 0) is 9.53 Å². The van der Waals surface area contributed by atoms with Crippen molar-refractivity contribution in [1.82, 2.24) is 10.2 Å². The van der Waals surface area contributed by atoms with Crippen LogP contribution in [0.15, 0.2) is 0 Å². The van der Waals surface area contributed by atoms with Crippen LogP contribution in [0.1, 0.15) is 33.6 Å². The third kappa shape index (κ3) is 5.06. The van der Waals surface area contributed by atoms with Gasteiger partial charge in [-0.25, -0.2) is 4.79 Å². The van der Waals surface area contributed by atoms with Crippen LogP contribution in [-0.4, -0.2) is 53.8 Å². The number of carbonyl (C=O) groups excluding carboxylic acids is 1. The number of carboxylic acid groups (broad SMARTS) is 1. The van der Waals surface area contributed by atoms with E-state index in [1.54, 1.807) is 4.90 Å². The minimum Gasteiger partial charge on any atom is -0.481 e. The van der Waals surface area contributed by atoms with Gasteiger partial charge in [0.25, 0.3) is 0 Å². The summed E-state index contributed by atoms with van der Waals surface area (Å²) in [5.74, 6) is -1.27. The lowest BCUT2D eigenvalue weighted by Crippen LogP contribution is -2.50. The van der Waals surface area contributed by atoms with Gasteiger partial charge < -0.3 is 20.1 Å². The first kappa shape index (κ1) is 15.8. The van der Waals surface area contributed by atoms with Gasteiger partial charge in [-0.2, -0.15) is 0 Å². The highest BCUT2D eigenvalue weighted by Gasteiger charge is 2.29. The number of likely N-dealkylation sites (tertiary alicyclic amines) is 1. The first-order valence-corrected chi connectivity index (χ1v) is 6.75. The third-order valence-electron chi connectivity index (χ3n) is 3.26. The molecule has 2 amide bonds. The summed E-state index contributed by atoms with van der Waals surface area (Å²) in [5.41, 5.74) is -0.410. The first-order valence-electron chi connectivity index (χ1n) is 6.75. The highest BCUT2D eigenvalue weighted by molar-refractivity contribution is 5.76. The predicted molar refractivity (Wildman–Crippen MR) is 71.0 cm³/mol. The Morgan fingerprint density at radius 1 is 1.47 bits per heavy atom. The Labute approximate surface area is 114 Å². The molecule has 19 heavy (non-hydrogen) atoms. The molecule has 0 aliphatic carbocycles. The summed E-state index contributed by atoms with van der Waals surface area (Å²) >= 11 is 0. The van der Waals surface area contributed by atoms with Crippen molar-refractivity contribution < 1.29 is 19.4 Å². The zero-order valence-corrected chi connectivity index (χ0v) is 11.9. The van der Waals surface area contributed by atoms with Crippen LogP contribution in [0.25, 0.3) is 0 Å².